The molecule has 0 amide bonds. The van der Waals surface area contributed by atoms with E-state index in [0.717, 1.165) is 50.1 Å². The highest BCUT2D eigenvalue weighted by molar-refractivity contribution is 6.12. The van der Waals surface area contributed by atoms with Crippen LogP contribution in [0.15, 0.2) is 205 Å². The second-order valence-electron chi connectivity index (χ2n) is 14.1. The van der Waals surface area contributed by atoms with Crippen molar-refractivity contribution in [2.45, 2.75) is 0 Å². The molecule has 0 fully saturated rings. The lowest BCUT2D eigenvalue weighted by atomic mass is 9.97. The summed E-state index contributed by atoms with van der Waals surface area (Å²) >= 11 is 0. The topological polar surface area (TPSA) is 16.4 Å². The summed E-state index contributed by atoms with van der Waals surface area (Å²) in [5.41, 5.74) is 9.59. The van der Waals surface area contributed by atoms with Crippen molar-refractivity contribution in [1.82, 2.24) is 0 Å². The molecular formula is C52H33NO. The lowest BCUT2D eigenvalue weighted by molar-refractivity contribution is 0.670. The molecule has 11 aromatic rings. The Kier molecular flexibility index (Phi) is 6.90. The molecule has 2 nitrogen and oxygen atoms in total. The van der Waals surface area contributed by atoms with E-state index in [2.05, 4.69) is 205 Å². The second kappa shape index (κ2) is 12.2. The third kappa shape index (κ3) is 4.96. The first-order valence-corrected chi connectivity index (χ1v) is 18.5. The van der Waals surface area contributed by atoms with Gasteiger partial charge in [0.15, 0.2) is 0 Å². The molecule has 0 bridgehead atoms. The molecule has 0 aliphatic carbocycles. The van der Waals surface area contributed by atoms with Crippen LogP contribution in [-0.4, -0.2) is 0 Å². The van der Waals surface area contributed by atoms with Crippen molar-refractivity contribution in [3.8, 4) is 22.3 Å². The maximum Gasteiger partial charge on any atom is 0.143 e. The van der Waals surface area contributed by atoms with Crippen molar-refractivity contribution >= 4 is 82.1 Å². The number of anilines is 3. The molecule has 0 spiro atoms. The average Bonchev–Trinajstić information content (AvgIpc) is 3.62. The van der Waals surface area contributed by atoms with E-state index in [1.165, 1.54) is 54.2 Å². The highest BCUT2D eigenvalue weighted by atomic mass is 16.3. The first-order chi connectivity index (χ1) is 26.7. The van der Waals surface area contributed by atoms with Gasteiger partial charge in [-0.25, -0.2) is 0 Å². The molecule has 54 heavy (non-hydrogen) atoms. The molecule has 0 unspecified atom stereocenters. The van der Waals surface area contributed by atoms with Gasteiger partial charge in [-0.15, -0.1) is 0 Å². The average molecular weight is 688 g/mol. The van der Waals surface area contributed by atoms with Crippen LogP contribution in [0.3, 0.4) is 0 Å². The van der Waals surface area contributed by atoms with Crippen LogP contribution in [0.5, 0.6) is 0 Å². The Morgan fingerprint density at radius 2 is 0.852 bits per heavy atom. The van der Waals surface area contributed by atoms with Gasteiger partial charge in [0.25, 0.3) is 0 Å². The summed E-state index contributed by atoms with van der Waals surface area (Å²) in [6.07, 6.45) is 0. The molecule has 0 saturated heterocycles. The summed E-state index contributed by atoms with van der Waals surface area (Å²) < 4.78 is 6.74. The molecule has 2 heteroatoms. The highest BCUT2D eigenvalue weighted by Crippen LogP contribution is 2.42. The number of hydrogen-bond acceptors (Lipinski definition) is 2. The number of hydrogen-bond donors (Lipinski definition) is 0. The molecule has 0 atom stereocenters. The third-order valence-electron chi connectivity index (χ3n) is 11.0. The first kappa shape index (κ1) is 30.5. The Morgan fingerprint density at radius 1 is 0.296 bits per heavy atom. The minimum Gasteiger partial charge on any atom is -0.455 e. The van der Waals surface area contributed by atoms with E-state index in [-0.39, 0.29) is 0 Å². The molecule has 1 heterocycles. The number of para-hydroxylation sites is 1. The zero-order chi connectivity index (χ0) is 35.6. The SMILES string of the molecule is c1ccc(-c2cccc3c2oc2cc(N(c4ccc(-c5ccc6c(ccc7ccccc76)c5)cc4)c4ccc5ccc6ccccc6c5c4)ccc23)cc1. The fraction of sp³-hybridized carbons (Fsp3) is 0. The Labute approximate surface area is 312 Å². The normalized spacial score (nSPS) is 11.7. The van der Waals surface area contributed by atoms with Crippen LogP contribution in [0, 0.1) is 0 Å². The van der Waals surface area contributed by atoms with E-state index >= 15 is 0 Å². The molecule has 0 N–H and O–H groups in total. The Morgan fingerprint density at radius 3 is 1.65 bits per heavy atom. The predicted molar refractivity (Wildman–Crippen MR) is 229 cm³/mol. The predicted octanol–water partition coefficient (Wildman–Crippen LogP) is 15.0. The van der Waals surface area contributed by atoms with Gasteiger partial charge in [-0.2, -0.15) is 0 Å². The highest BCUT2D eigenvalue weighted by Gasteiger charge is 2.18. The van der Waals surface area contributed by atoms with Gasteiger partial charge < -0.3 is 9.32 Å². The van der Waals surface area contributed by atoms with Gasteiger partial charge in [0, 0.05) is 39.5 Å². The smallest absolute Gasteiger partial charge is 0.143 e. The van der Waals surface area contributed by atoms with Gasteiger partial charge in [0.05, 0.1) is 0 Å². The van der Waals surface area contributed by atoms with Gasteiger partial charge in [-0.3, -0.25) is 0 Å². The van der Waals surface area contributed by atoms with Gasteiger partial charge in [-0.1, -0.05) is 152 Å². The molecular weight excluding hydrogens is 655 g/mol. The van der Waals surface area contributed by atoms with E-state index in [1.54, 1.807) is 0 Å². The number of benzene rings is 10. The quantitative estimate of drug-likeness (QED) is 0.168. The van der Waals surface area contributed by atoms with E-state index in [0.29, 0.717) is 0 Å². The summed E-state index contributed by atoms with van der Waals surface area (Å²) in [6.45, 7) is 0. The maximum atomic E-state index is 6.74. The van der Waals surface area contributed by atoms with Crippen molar-refractivity contribution in [3.63, 3.8) is 0 Å². The van der Waals surface area contributed by atoms with E-state index in [4.69, 9.17) is 4.42 Å². The summed E-state index contributed by atoms with van der Waals surface area (Å²) in [6, 6.07) is 72.2. The Bertz CT molecular complexity index is 3210. The van der Waals surface area contributed by atoms with Crippen LogP contribution in [0.2, 0.25) is 0 Å². The Hall–Kier alpha value is -7.16. The first-order valence-electron chi connectivity index (χ1n) is 18.5. The van der Waals surface area contributed by atoms with Gasteiger partial charge in [-0.05, 0) is 102 Å². The molecule has 1 aromatic heterocycles. The molecule has 0 aliphatic heterocycles. The van der Waals surface area contributed by atoms with Crippen molar-refractivity contribution in [2.75, 3.05) is 4.90 Å². The number of nitrogens with zero attached hydrogens (tertiary/aromatic N) is 1. The second-order valence-corrected chi connectivity index (χ2v) is 14.1. The summed E-state index contributed by atoms with van der Waals surface area (Å²) in [4.78, 5) is 2.35. The van der Waals surface area contributed by atoms with E-state index in [9.17, 15) is 0 Å². The summed E-state index contributed by atoms with van der Waals surface area (Å²) in [5.74, 6) is 0. The van der Waals surface area contributed by atoms with Crippen LogP contribution < -0.4 is 4.90 Å². The minimum absolute atomic E-state index is 0.863. The summed E-state index contributed by atoms with van der Waals surface area (Å²) in [7, 11) is 0. The van der Waals surface area contributed by atoms with Crippen LogP contribution >= 0.6 is 0 Å². The van der Waals surface area contributed by atoms with E-state index < -0.39 is 0 Å². The van der Waals surface area contributed by atoms with Crippen LogP contribution in [-0.2, 0) is 0 Å². The fourth-order valence-corrected chi connectivity index (χ4v) is 8.34. The van der Waals surface area contributed by atoms with E-state index in [1.807, 2.05) is 0 Å². The largest absolute Gasteiger partial charge is 0.455 e. The molecule has 0 saturated carbocycles. The standard InChI is InChI=1S/C52H33NO/c1-2-9-35(10-3-1)47-15-8-16-49-48-30-28-43(33-51(48)54-52(47)49)53(42-27-23-38-18-17-37-12-5-7-14-45(37)50(38)32-42)41-25-21-34(22-26-41)39-24-29-46-40(31-39)20-19-36-11-4-6-13-44(36)46/h1-33H. The van der Waals surface area contributed by atoms with Gasteiger partial charge in [0.2, 0.25) is 0 Å². The van der Waals surface area contributed by atoms with Gasteiger partial charge >= 0.3 is 0 Å². The third-order valence-corrected chi connectivity index (χ3v) is 11.0. The monoisotopic (exact) mass is 687 g/mol. The van der Waals surface area contributed by atoms with Crippen LogP contribution in [0.1, 0.15) is 0 Å². The number of rotatable bonds is 5. The molecule has 252 valence electrons. The molecule has 10 aromatic carbocycles. The zero-order valence-electron chi connectivity index (χ0n) is 29.4. The molecule has 0 aliphatic rings. The van der Waals surface area contributed by atoms with Gasteiger partial charge in [0.1, 0.15) is 11.2 Å². The van der Waals surface area contributed by atoms with Crippen molar-refractivity contribution in [2.24, 2.45) is 0 Å². The number of fused-ring (bicyclic) bond motifs is 9. The van der Waals surface area contributed by atoms with Crippen LogP contribution in [0.4, 0.5) is 17.1 Å². The lowest BCUT2D eigenvalue weighted by Gasteiger charge is -2.26. The van der Waals surface area contributed by atoms with Crippen molar-refractivity contribution in [1.29, 1.82) is 0 Å². The molecule has 11 rings (SSSR count). The fourth-order valence-electron chi connectivity index (χ4n) is 8.34. The Balaban J connectivity index is 1.06. The van der Waals surface area contributed by atoms with Crippen molar-refractivity contribution < 1.29 is 4.42 Å². The molecule has 0 radical (unpaired) electrons. The minimum atomic E-state index is 0.863. The van der Waals surface area contributed by atoms with Crippen molar-refractivity contribution in [3.05, 3.63) is 200 Å². The van der Waals surface area contributed by atoms with Crippen LogP contribution in [0.25, 0.3) is 87.3 Å². The summed E-state index contributed by atoms with van der Waals surface area (Å²) in [5, 5.41) is 12.2. The zero-order valence-corrected chi connectivity index (χ0v) is 29.4. The number of furan rings is 1. The lowest BCUT2D eigenvalue weighted by Crippen LogP contribution is -2.09. The maximum absolute atomic E-state index is 6.74.